The maximum Gasteiger partial charge on any atom is 0.224 e. The number of fused-ring (bicyclic) bond motifs is 1. The monoisotopic (exact) mass is 345 g/mol. The molecular weight excluding hydrogens is 326 g/mol. The number of halogens is 1. The van der Waals surface area contributed by atoms with Gasteiger partial charge in [0.1, 0.15) is 11.6 Å². The number of aryl methyl sites for hydroxylation is 2. The van der Waals surface area contributed by atoms with Crippen LogP contribution >= 0.6 is 12.4 Å². The van der Waals surface area contributed by atoms with E-state index in [1.165, 1.54) is 0 Å². The molecule has 0 fully saturated rings. The molecule has 0 saturated carbocycles. The van der Waals surface area contributed by atoms with Gasteiger partial charge >= 0.3 is 0 Å². The molecule has 0 atom stereocenters. The first kappa shape index (κ1) is 17.7. The fourth-order valence-corrected chi connectivity index (χ4v) is 2.87. The molecule has 6 nitrogen and oxygen atoms in total. The molecule has 0 saturated heterocycles. The first-order valence-electron chi connectivity index (χ1n) is 7.32. The molecule has 126 valence electrons. The van der Waals surface area contributed by atoms with Gasteiger partial charge in [0.15, 0.2) is 5.65 Å². The molecule has 24 heavy (non-hydrogen) atoms. The summed E-state index contributed by atoms with van der Waals surface area (Å²) < 4.78 is 5.44. The van der Waals surface area contributed by atoms with E-state index in [1.807, 2.05) is 38.1 Å². The highest BCUT2D eigenvalue weighted by molar-refractivity contribution is 5.90. The van der Waals surface area contributed by atoms with Gasteiger partial charge < -0.3 is 16.2 Å². The number of pyridine rings is 1. The Morgan fingerprint density at radius 3 is 2.46 bits per heavy atom. The first-order valence-corrected chi connectivity index (χ1v) is 7.32. The maximum absolute atomic E-state index is 6.03. The van der Waals surface area contributed by atoms with E-state index in [0.29, 0.717) is 17.9 Å². The lowest BCUT2D eigenvalue weighted by atomic mass is 9.97. The quantitative estimate of drug-likeness (QED) is 0.757. The predicted molar refractivity (Wildman–Crippen MR) is 98.7 cm³/mol. The Bertz CT molecular complexity index is 898. The average Bonchev–Trinajstić information content (AvgIpc) is 2.50. The molecule has 3 aromatic rings. The fraction of sp³-hybridized carbons (Fsp3) is 0.235. The smallest absolute Gasteiger partial charge is 0.224 e. The molecule has 0 radical (unpaired) electrons. The molecule has 0 unspecified atom stereocenters. The zero-order valence-electron chi connectivity index (χ0n) is 13.8. The second-order valence-electron chi connectivity index (χ2n) is 5.46. The topological polar surface area (TPSA) is 99.9 Å². The first-order chi connectivity index (χ1) is 11.0. The van der Waals surface area contributed by atoms with Gasteiger partial charge in [0.25, 0.3) is 0 Å². The minimum Gasteiger partial charge on any atom is -0.496 e. The second-order valence-corrected chi connectivity index (χ2v) is 5.46. The summed E-state index contributed by atoms with van der Waals surface area (Å²) >= 11 is 0. The van der Waals surface area contributed by atoms with E-state index in [-0.39, 0.29) is 18.4 Å². The van der Waals surface area contributed by atoms with Gasteiger partial charge in [-0.3, -0.25) is 0 Å². The van der Waals surface area contributed by atoms with Gasteiger partial charge in [-0.2, -0.15) is 9.97 Å². The third-order valence-electron chi connectivity index (χ3n) is 4.03. The molecule has 2 aromatic heterocycles. The van der Waals surface area contributed by atoms with Crippen molar-refractivity contribution in [2.24, 2.45) is 0 Å². The predicted octanol–water partition coefficient (Wildman–Crippen LogP) is 2.83. The third kappa shape index (κ3) is 3.05. The van der Waals surface area contributed by atoms with Crippen LogP contribution in [0.3, 0.4) is 0 Å². The van der Waals surface area contributed by atoms with Crippen LogP contribution in [0.2, 0.25) is 0 Å². The lowest BCUT2D eigenvalue weighted by Crippen LogP contribution is -2.07. The summed E-state index contributed by atoms with van der Waals surface area (Å²) in [6.45, 7) is 3.98. The van der Waals surface area contributed by atoms with Crippen LogP contribution in [-0.4, -0.2) is 22.1 Å². The summed E-state index contributed by atoms with van der Waals surface area (Å²) in [4.78, 5) is 12.8. The Morgan fingerprint density at radius 1 is 1.04 bits per heavy atom. The average molecular weight is 346 g/mol. The van der Waals surface area contributed by atoms with Crippen molar-refractivity contribution in [1.29, 1.82) is 0 Å². The third-order valence-corrected chi connectivity index (χ3v) is 4.03. The molecule has 3 rings (SSSR count). The Balaban J connectivity index is 0.00000208. The number of nitrogen functional groups attached to an aromatic ring is 2. The number of rotatable bonds is 3. The van der Waals surface area contributed by atoms with E-state index in [1.54, 1.807) is 7.11 Å². The van der Waals surface area contributed by atoms with Crippen LogP contribution in [0, 0.1) is 13.8 Å². The van der Waals surface area contributed by atoms with E-state index < -0.39 is 0 Å². The van der Waals surface area contributed by atoms with Gasteiger partial charge in [-0.25, -0.2) is 4.98 Å². The number of methoxy groups -OCH3 is 1. The number of aromatic nitrogens is 3. The Morgan fingerprint density at radius 2 is 1.75 bits per heavy atom. The highest BCUT2D eigenvalue weighted by Crippen LogP contribution is 2.29. The van der Waals surface area contributed by atoms with Crippen LogP contribution < -0.4 is 16.2 Å². The van der Waals surface area contributed by atoms with Crippen molar-refractivity contribution < 1.29 is 4.74 Å². The Kier molecular flexibility index (Phi) is 5.09. The van der Waals surface area contributed by atoms with E-state index >= 15 is 0 Å². The number of ether oxygens (including phenoxy) is 1. The summed E-state index contributed by atoms with van der Waals surface area (Å²) in [7, 11) is 1.67. The van der Waals surface area contributed by atoms with Crippen molar-refractivity contribution in [2.45, 2.75) is 20.3 Å². The molecule has 0 spiro atoms. The summed E-state index contributed by atoms with van der Waals surface area (Å²) in [5.74, 6) is 1.35. The lowest BCUT2D eigenvalue weighted by Gasteiger charge is -2.15. The number of nitrogens with two attached hydrogens (primary N) is 2. The minimum absolute atomic E-state index is 0. The summed E-state index contributed by atoms with van der Waals surface area (Å²) in [6.07, 6.45) is 0.703. The maximum atomic E-state index is 6.03. The van der Waals surface area contributed by atoms with Gasteiger partial charge in [-0.15, -0.1) is 12.4 Å². The number of hydrogen-bond donors (Lipinski definition) is 2. The molecule has 0 amide bonds. The van der Waals surface area contributed by atoms with Crippen LogP contribution in [-0.2, 0) is 6.42 Å². The standard InChI is InChI=1S/C17H19N5O.ClH/c1-9-12(8-11-6-4-5-7-13(11)23-3)10(2)20-16-14(9)15(18)21-17(19)22-16;/h4-7H,8H2,1-3H3,(H4,18,19,20,21,22);1H. The lowest BCUT2D eigenvalue weighted by molar-refractivity contribution is 0.410. The van der Waals surface area contributed by atoms with Gasteiger partial charge in [0.2, 0.25) is 5.95 Å². The van der Waals surface area contributed by atoms with Gasteiger partial charge in [0.05, 0.1) is 12.5 Å². The minimum atomic E-state index is 0. The SMILES string of the molecule is COc1ccccc1Cc1c(C)nc2nc(N)nc(N)c2c1C.Cl. The normalized spacial score (nSPS) is 10.5. The van der Waals surface area contributed by atoms with Crippen molar-refractivity contribution in [2.75, 3.05) is 18.6 Å². The van der Waals surface area contributed by atoms with Crippen LogP contribution in [0.25, 0.3) is 11.0 Å². The highest BCUT2D eigenvalue weighted by Gasteiger charge is 2.15. The van der Waals surface area contributed by atoms with E-state index in [9.17, 15) is 0 Å². The van der Waals surface area contributed by atoms with Gasteiger partial charge in [0, 0.05) is 12.1 Å². The number of nitrogens with zero attached hydrogens (tertiary/aromatic N) is 3. The molecule has 1 aromatic carbocycles. The van der Waals surface area contributed by atoms with Gasteiger partial charge in [-0.1, -0.05) is 18.2 Å². The Labute approximate surface area is 146 Å². The molecule has 4 N–H and O–H groups in total. The molecule has 0 aliphatic heterocycles. The van der Waals surface area contributed by atoms with Crippen molar-refractivity contribution >= 4 is 35.2 Å². The van der Waals surface area contributed by atoms with Crippen LogP contribution in [0.4, 0.5) is 11.8 Å². The summed E-state index contributed by atoms with van der Waals surface area (Å²) in [5.41, 5.74) is 16.4. The van der Waals surface area contributed by atoms with Crippen LogP contribution in [0.1, 0.15) is 22.4 Å². The molecule has 2 heterocycles. The van der Waals surface area contributed by atoms with E-state index in [2.05, 4.69) is 15.0 Å². The summed E-state index contributed by atoms with van der Waals surface area (Å²) in [6, 6.07) is 7.95. The van der Waals surface area contributed by atoms with Crippen LogP contribution in [0.5, 0.6) is 5.75 Å². The second kappa shape index (κ2) is 6.88. The zero-order valence-corrected chi connectivity index (χ0v) is 14.6. The number of benzene rings is 1. The summed E-state index contributed by atoms with van der Waals surface area (Å²) in [5, 5.41) is 0.759. The molecule has 7 heteroatoms. The molecular formula is C17H20ClN5O. The van der Waals surface area contributed by atoms with Crippen molar-refractivity contribution in [3.63, 3.8) is 0 Å². The Hall–Kier alpha value is -2.60. The fourth-order valence-electron chi connectivity index (χ4n) is 2.87. The number of anilines is 2. The van der Waals surface area contributed by atoms with E-state index in [0.717, 1.165) is 33.5 Å². The molecule has 0 bridgehead atoms. The van der Waals surface area contributed by atoms with Crippen molar-refractivity contribution in [1.82, 2.24) is 15.0 Å². The highest BCUT2D eigenvalue weighted by atomic mass is 35.5. The number of para-hydroxylation sites is 1. The van der Waals surface area contributed by atoms with Crippen molar-refractivity contribution in [3.05, 3.63) is 46.6 Å². The molecule has 0 aliphatic rings. The number of hydrogen-bond acceptors (Lipinski definition) is 6. The van der Waals surface area contributed by atoms with Crippen molar-refractivity contribution in [3.8, 4) is 5.75 Å². The molecule has 0 aliphatic carbocycles. The zero-order chi connectivity index (χ0) is 16.6. The largest absolute Gasteiger partial charge is 0.496 e. The van der Waals surface area contributed by atoms with Gasteiger partial charge in [-0.05, 0) is 36.6 Å². The van der Waals surface area contributed by atoms with Crippen LogP contribution in [0.15, 0.2) is 24.3 Å². The van der Waals surface area contributed by atoms with E-state index in [4.69, 9.17) is 16.2 Å².